The van der Waals surface area contributed by atoms with Gasteiger partial charge in [0.2, 0.25) is 0 Å². The average molecular weight is 205 g/mol. The Morgan fingerprint density at radius 3 is 2.00 bits per heavy atom. The quantitative estimate of drug-likeness (QED) is 0.508. The lowest BCUT2D eigenvalue weighted by Crippen LogP contribution is -2.18. The first-order valence-corrected chi connectivity index (χ1v) is 5.77. The van der Waals surface area contributed by atoms with Crippen LogP contribution in [0.2, 0.25) is 0 Å². The van der Waals surface area contributed by atoms with Crippen LogP contribution in [0.5, 0.6) is 0 Å². The normalized spacial score (nSPS) is 9.58. The zero-order valence-electron chi connectivity index (χ0n) is 7.79. The highest BCUT2D eigenvalue weighted by Crippen LogP contribution is 2.23. The van der Waals surface area contributed by atoms with Gasteiger partial charge in [0.1, 0.15) is 0 Å². The Balaban J connectivity index is 4.08. The van der Waals surface area contributed by atoms with Crippen molar-refractivity contribution >= 4 is 29.8 Å². The van der Waals surface area contributed by atoms with E-state index >= 15 is 0 Å². The van der Waals surface area contributed by atoms with Crippen molar-refractivity contribution in [2.75, 3.05) is 11.5 Å². The largest absolute Gasteiger partial charge is 0.269 e. The summed E-state index contributed by atoms with van der Waals surface area (Å²) >= 11 is 3.05. The third kappa shape index (κ3) is 4.07. The molecule has 0 saturated heterocycles. The molecule has 0 aromatic heterocycles. The summed E-state index contributed by atoms with van der Waals surface area (Å²) in [6.45, 7) is 9.42. The van der Waals surface area contributed by atoms with Crippen LogP contribution in [0.25, 0.3) is 0 Å². The molecule has 0 aliphatic carbocycles. The SMILES string of the molecule is C=C(C)C(=O)N(SCC)SCC. The Kier molecular flexibility index (Phi) is 6.38. The van der Waals surface area contributed by atoms with Gasteiger partial charge in [-0.15, -0.1) is 0 Å². The third-order valence-corrected chi connectivity index (χ3v) is 2.97. The Bertz CT molecular complexity index is 164. The van der Waals surface area contributed by atoms with Gasteiger partial charge >= 0.3 is 0 Å². The lowest BCUT2D eigenvalue weighted by Gasteiger charge is -2.17. The molecule has 1 amide bonds. The highest BCUT2D eigenvalue weighted by atomic mass is 32.2. The molecule has 0 radical (unpaired) electrons. The maximum Gasteiger partial charge on any atom is 0.269 e. The molecule has 0 fully saturated rings. The van der Waals surface area contributed by atoms with E-state index in [2.05, 4.69) is 6.58 Å². The molecule has 70 valence electrons. The summed E-state index contributed by atoms with van der Waals surface area (Å²) in [4.78, 5) is 11.4. The van der Waals surface area contributed by atoms with E-state index < -0.39 is 0 Å². The van der Waals surface area contributed by atoms with E-state index in [1.54, 1.807) is 10.6 Å². The van der Waals surface area contributed by atoms with Crippen LogP contribution in [-0.2, 0) is 4.79 Å². The van der Waals surface area contributed by atoms with Gasteiger partial charge in [-0.2, -0.15) is 0 Å². The summed E-state index contributed by atoms with van der Waals surface area (Å²) in [7, 11) is 0. The summed E-state index contributed by atoms with van der Waals surface area (Å²) in [5, 5.41) is 0. The van der Waals surface area contributed by atoms with Crippen LogP contribution < -0.4 is 0 Å². The second-order valence-corrected chi connectivity index (χ2v) is 4.81. The number of carbonyl (C=O) groups is 1. The molecular weight excluding hydrogens is 190 g/mol. The minimum absolute atomic E-state index is 0.0219. The number of carbonyl (C=O) groups excluding carboxylic acids is 1. The number of amides is 1. The van der Waals surface area contributed by atoms with E-state index in [1.165, 1.54) is 23.9 Å². The maximum absolute atomic E-state index is 11.4. The molecule has 0 aliphatic heterocycles. The minimum atomic E-state index is 0.0219. The van der Waals surface area contributed by atoms with Gasteiger partial charge in [-0.05, 0) is 30.8 Å². The van der Waals surface area contributed by atoms with E-state index in [0.717, 1.165) is 11.5 Å². The molecule has 4 heteroatoms. The third-order valence-electron chi connectivity index (χ3n) is 1.02. The minimum Gasteiger partial charge on any atom is -0.268 e. The van der Waals surface area contributed by atoms with Crippen molar-refractivity contribution in [1.29, 1.82) is 0 Å². The molecule has 2 nitrogen and oxygen atoms in total. The Morgan fingerprint density at radius 1 is 1.33 bits per heavy atom. The first-order chi connectivity index (χ1) is 5.63. The lowest BCUT2D eigenvalue weighted by atomic mass is 10.3. The highest BCUT2D eigenvalue weighted by molar-refractivity contribution is 8.12. The van der Waals surface area contributed by atoms with Gasteiger partial charge in [-0.1, -0.05) is 20.4 Å². The number of hydrogen-bond acceptors (Lipinski definition) is 3. The van der Waals surface area contributed by atoms with E-state index in [4.69, 9.17) is 0 Å². The van der Waals surface area contributed by atoms with E-state index in [1.807, 2.05) is 13.8 Å². The molecule has 0 bridgehead atoms. The predicted octanol–water partition coefficient (Wildman–Crippen LogP) is 2.73. The number of nitrogens with zero attached hydrogens (tertiary/aromatic N) is 1. The summed E-state index contributed by atoms with van der Waals surface area (Å²) in [5.41, 5.74) is 0.594. The molecule has 0 aliphatic rings. The second kappa shape index (κ2) is 6.43. The Morgan fingerprint density at radius 2 is 1.75 bits per heavy atom. The van der Waals surface area contributed by atoms with Crippen LogP contribution in [0.4, 0.5) is 0 Å². The molecule has 0 atom stereocenters. The van der Waals surface area contributed by atoms with Gasteiger partial charge in [0.15, 0.2) is 0 Å². The van der Waals surface area contributed by atoms with E-state index in [0.29, 0.717) is 5.57 Å². The fourth-order valence-corrected chi connectivity index (χ4v) is 2.49. The molecule has 12 heavy (non-hydrogen) atoms. The van der Waals surface area contributed by atoms with Crippen molar-refractivity contribution in [2.24, 2.45) is 0 Å². The smallest absolute Gasteiger partial charge is 0.268 e. The Labute approximate surface area is 83.0 Å². The molecule has 0 aromatic carbocycles. The zero-order valence-corrected chi connectivity index (χ0v) is 9.43. The van der Waals surface area contributed by atoms with E-state index in [9.17, 15) is 4.79 Å². The maximum atomic E-state index is 11.4. The van der Waals surface area contributed by atoms with Crippen molar-refractivity contribution in [3.05, 3.63) is 12.2 Å². The van der Waals surface area contributed by atoms with Crippen molar-refractivity contribution in [1.82, 2.24) is 3.71 Å². The Hall–Kier alpha value is -0.0900. The van der Waals surface area contributed by atoms with Crippen molar-refractivity contribution < 1.29 is 4.79 Å². The summed E-state index contributed by atoms with van der Waals surface area (Å²) < 4.78 is 1.70. The first-order valence-electron chi connectivity index (χ1n) is 3.89. The lowest BCUT2D eigenvalue weighted by molar-refractivity contribution is -0.119. The predicted molar refractivity (Wildman–Crippen MR) is 57.9 cm³/mol. The molecule has 0 heterocycles. The van der Waals surface area contributed by atoms with Gasteiger partial charge < -0.3 is 0 Å². The summed E-state index contributed by atoms with van der Waals surface area (Å²) in [6, 6.07) is 0. The monoisotopic (exact) mass is 205 g/mol. The zero-order chi connectivity index (χ0) is 9.56. The van der Waals surface area contributed by atoms with E-state index in [-0.39, 0.29) is 5.91 Å². The fraction of sp³-hybridized carbons (Fsp3) is 0.625. The van der Waals surface area contributed by atoms with Gasteiger partial charge in [0.25, 0.3) is 5.91 Å². The van der Waals surface area contributed by atoms with Gasteiger partial charge in [-0.25, -0.2) is 3.71 Å². The standard InChI is InChI=1S/C8H15NOS2/c1-5-11-9(12-6-2)8(10)7(3)4/h3,5-6H2,1-2,4H3. The van der Waals surface area contributed by atoms with Crippen molar-refractivity contribution in [3.8, 4) is 0 Å². The topological polar surface area (TPSA) is 20.3 Å². The fourth-order valence-electron chi connectivity index (χ4n) is 0.545. The van der Waals surface area contributed by atoms with Crippen LogP contribution in [0, 0.1) is 0 Å². The molecule has 0 rings (SSSR count). The molecule has 0 spiro atoms. The molecule has 0 aromatic rings. The van der Waals surface area contributed by atoms with Crippen LogP contribution in [-0.4, -0.2) is 21.1 Å². The molecule has 0 unspecified atom stereocenters. The first kappa shape index (κ1) is 11.9. The highest BCUT2D eigenvalue weighted by Gasteiger charge is 2.13. The van der Waals surface area contributed by atoms with Crippen LogP contribution in [0.3, 0.4) is 0 Å². The molecular formula is C8H15NOS2. The second-order valence-electron chi connectivity index (χ2n) is 2.18. The summed E-state index contributed by atoms with van der Waals surface area (Å²) in [6.07, 6.45) is 0. The average Bonchev–Trinajstić information content (AvgIpc) is 2.03. The number of rotatable bonds is 5. The van der Waals surface area contributed by atoms with Crippen LogP contribution in [0.15, 0.2) is 12.2 Å². The molecule has 0 N–H and O–H groups in total. The number of hydrogen-bond donors (Lipinski definition) is 0. The van der Waals surface area contributed by atoms with Gasteiger partial charge in [-0.3, -0.25) is 4.79 Å². The summed E-state index contributed by atoms with van der Waals surface area (Å²) in [5.74, 6) is 1.84. The van der Waals surface area contributed by atoms with Crippen LogP contribution in [0.1, 0.15) is 20.8 Å². The van der Waals surface area contributed by atoms with Gasteiger partial charge in [0, 0.05) is 17.1 Å². The molecule has 0 saturated carbocycles. The van der Waals surface area contributed by atoms with Crippen molar-refractivity contribution in [2.45, 2.75) is 20.8 Å². The van der Waals surface area contributed by atoms with Crippen molar-refractivity contribution in [3.63, 3.8) is 0 Å². The van der Waals surface area contributed by atoms with Crippen LogP contribution >= 0.6 is 23.9 Å². The van der Waals surface area contributed by atoms with Gasteiger partial charge in [0.05, 0.1) is 0 Å².